The van der Waals surface area contributed by atoms with E-state index in [1.165, 1.54) is 11.8 Å². The fourth-order valence-electron chi connectivity index (χ4n) is 12.2. The van der Waals surface area contributed by atoms with Crippen LogP contribution in [0.1, 0.15) is 156 Å². The minimum atomic E-state index is -2.17. The summed E-state index contributed by atoms with van der Waals surface area (Å²) in [6.07, 6.45) is 11.9. The molecule has 12 nitrogen and oxygen atoms in total. The smallest absolute Gasteiger partial charge is 0.411 e. The lowest BCUT2D eigenvalue weighted by Gasteiger charge is -2.61. The zero-order chi connectivity index (χ0) is 51.1. The number of esters is 2. The molecule has 0 aromatic carbocycles. The van der Waals surface area contributed by atoms with Gasteiger partial charge in [-0.1, -0.05) is 113 Å². The van der Waals surface area contributed by atoms with Gasteiger partial charge in [-0.05, 0) is 113 Å². The van der Waals surface area contributed by atoms with Gasteiger partial charge in [0.05, 0.1) is 49.0 Å². The lowest BCUT2D eigenvalue weighted by Crippen LogP contribution is -2.77. The highest BCUT2D eigenvalue weighted by Crippen LogP contribution is 2.53. The highest BCUT2D eigenvalue weighted by Gasteiger charge is 2.62. The van der Waals surface area contributed by atoms with Crippen molar-refractivity contribution in [2.24, 2.45) is 11.3 Å². The van der Waals surface area contributed by atoms with Gasteiger partial charge in [-0.25, -0.2) is 4.79 Å². The summed E-state index contributed by atoms with van der Waals surface area (Å²) in [5, 5.41) is 15.1. The van der Waals surface area contributed by atoms with Crippen molar-refractivity contribution in [3.63, 3.8) is 0 Å². The maximum absolute atomic E-state index is 14.0. The number of carboxylic acid groups (broad SMARTS) is 1. The van der Waals surface area contributed by atoms with Crippen molar-refractivity contribution < 1.29 is 47.0 Å². The molecule has 3 heterocycles. The average Bonchev–Trinajstić information content (AvgIpc) is 4.08. The van der Waals surface area contributed by atoms with E-state index in [4.69, 9.17) is 27.5 Å². The van der Waals surface area contributed by atoms with Crippen LogP contribution in [0.3, 0.4) is 0 Å². The van der Waals surface area contributed by atoms with Crippen LogP contribution in [0, 0.1) is 11.3 Å². The summed E-state index contributed by atoms with van der Waals surface area (Å²) in [4.78, 5) is 41.5. The largest absolute Gasteiger partial charge is 0.465 e. The first-order valence-electron chi connectivity index (χ1n) is 26.9. The number of hydrogen-bond acceptors (Lipinski definition) is 10. The second-order valence-corrected chi connectivity index (χ2v) is 35.1. The first-order chi connectivity index (χ1) is 32.1. The molecule has 10 atom stereocenters. The van der Waals surface area contributed by atoms with Crippen molar-refractivity contribution in [2.75, 3.05) is 13.2 Å². The minimum absolute atomic E-state index is 0.0192. The zero-order valence-corrected chi connectivity index (χ0v) is 48.7. The molecule has 3 aliphatic heterocycles. The molecule has 0 aromatic heterocycles. The predicted octanol–water partition coefficient (Wildman–Crippen LogP) is 12.9. The van der Waals surface area contributed by atoms with Crippen molar-refractivity contribution in [3.8, 4) is 0 Å². The molecule has 392 valence electrons. The van der Waals surface area contributed by atoms with E-state index in [2.05, 4.69) is 120 Å². The highest BCUT2D eigenvalue weighted by atomic mass is 28.4. The number of hydrogen-bond donors (Lipinski definition) is 2. The van der Waals surface area contributed by atoms with Crippen LogP contribution in [0.15, 0.2) is 36.0 Å². The van der Waals surface area contributed by atoms with E-state index in [1.54, 1.807) is 0 Å². The second-order valence-electron chi connectivity index (χ2n) is 21.0. The van der Waals surface area contributed by atoms with Crippen LogP contribution in [0.4, 0.5) is 4.79 Å². The summed E-state index contributed by atoms with van der Waals surface area (Å²) < 4.78 is 39.8. The van der Waals surface area contributed by atoms with Crippen LogP contribution < -0.4 is 5.32 Å². The molecule has 15 heteroatoms. The fraction of sp³-hybridized carbons (Fsp3) is 0.830. The molecule has 3 aliphatic rings. The Balaban J connectivity index is 2.25. The number of cyclic esters (lactones) is 1. The molecule has 2 fully saturated rings. The molecule has 1 unspecified atom stereocenters. The number of carbonyl (C=O) groups is 3. The van der Waals surface area contributed by atoms with Gasteiger partial charge in [0.2, 0.25) is 0 Å². The Morgan fingerprint density at radius 3 is 2.06 bits per heavy atom. The van der Waals surface area contributed by atoms with Gasteiger partial charge in [0.15, 0.2) is 31.2 Å². The van der Waals surface area contributed by atoms with E-state index >= 15 is 0 Å². The van der Waals surface area contributed by atoms with Crippen LogP contribution >= 0.6 is 0 Å². The average molecular weight is 1010 g/mol. The van der Waals surface area contributed by atoms with Gasteiger partial charge in [-0.15, -0.1) is 0 Å². The van der Waals surface area contributed by atoms with Crippen LogP contribution in [0.2, 0.25) is 54.4 Å². The first kappa shape index (κ1) is 60.2. The Hall–Kier alpha value is -2.12. The van der Waals surface area contributed by atoms with Crippen molar-refractivity contribution >= 4 is 43.0 Å². The number of ether oxygens (including phenoxy) is 3. The molecule has 2 N–H and O–H groups in total. The van der Waals surface area contributed by atoms with Gasteiger partial charge >= 0.3 is 18.0 Å². The zero-order valence-electron chi connectivity index (χ0n) is 45.7. The molecular weight excluding hydrogens is 909 g/mol. The number of rotatable bonds is 25. The van der Waals surface area contributed by atoms with Crippen LogP contribution in [0.25, 0.3) is 0 Å². The Kier molecular flexibility index (Phi) is 23.5. The van der Waals surface area contributed by atoms with Crippen molar-refractivity contribution in [1.82, 2.24) is 10.2 Å². The maximum atomic E-state index is 14.0. The van der Waals surface area contributed by atoms with E-state index in [-0.39, 0.29) is 49.8 Å². The van der Waals surface area contributed by atoms with Crippen LogP contribution in [0.5, 0.6) is 0 Å². The summed E-state index contributed by atoms with van der Waals surface area (Å²) in [5.74, 6) is -0.588. The molecule has 0 saturated carbocycles. The molecule has 3 rings (SSSR count). The van der Waals surface area contributed by atoms with E-state index in [0.717, 1.165) is 66.4 Å². The van der Waals surface area contributed by atoms with Crippen molar-refractivity contribution in [3.05, 3.63) is 36.0 Å². The molecule has 0 radical (unpaired) electrons. The summed E-state index contributed by atoms with van der Waals surface area (Å²) in [6, 6.07) is 8.73. The third-order valence-electron chi connectivity index (χ3n) is 17.2. The van der Waals surface area contributed by atoms with Gasteiger partial charge < -0.3 is 37.9 Å². The molecule has 0 spiro atoms. The van der Waals surface area contributed by atoms with E-state index in [1.807, 2.05) is 19.9 Å². The number of epoxide rings is 1. The van der Waals surface area contributed by atoms with Gasteiger partial charge in [0, 0.05) is 36.8 Å². The third kappa shape index (κ3) is 14.3. The van der Waals surface area contributed by atoms with Gasteiger partial charge in [-0.3, -0.25) is 14.5 Å². The number of nitrogens with one attached hydrogen (secondary N) is 1. The number of piperazine rings is 1. The summed E-state index contributed by atoms with van der Waals surface area (Å²) in [7, 11) is -6.13. The summed E-state index contributed by atoms with van der Waals surface area (Å²) in [6.45, 7) is 34.9. The molecule has 0 bridgehead atoms. The second kappa shape index (κ2) is 26.5. The molecule has 0 aromatic rings. The predicted molar refractivity (Wildman–Crippen MR) is 283 cm³/mol. The SMILES string of the molecule is CC[C@H](O[Si](CC)(CC)CC)[C@@H](C)[C@H]1O[C@@H]1CC(C)(/C=C/C=C(\C)[C@@]1([C@@]2(C)CC=CCCOC(=O)C[C@H](O[Si](CC)(CC)CC)CC2)[C@H](C)NC[C@H](OC(C)=O)N1C(=O)O)O[Si](CC)(CC)CC. The molecule has 68 heavy (non-hydrogen) atoms. The lowest BCUT2D eigenvalue weighted by atomic mass is 9.57. The Labute approximate surface area is 416 Å². The Morgan fingerprint density at radius 1 is 0.941 bits per heavy atom. The minimum Gasteiger partial charge on any atom is -0.465 e. The monoisotopic (exact) mass is 1010 g/mol. The number of carbonyl (C=O) groups excluding carboxylic acids is 2. The molecular formula is C53H98N2O10Si3. The summed E-state index contributed by atoms with van der Waals surface area (Å²) >= 11 is 0. The van der Waals surface area contributed by atoms with Crippen molar-refractivity contribution in [1.29, 1.82) is 0 Å². The maximum Gasteiger partial charge on any atom is 0.411 e. The molecule has 0 aliphatic carbocycles. The third-order valence-corrected chi connectivity index (χ3v) is 31.3. The van der Waals surface area contributed by atoms with Crippen LogP contribution in [-0.2, 0) is 37.1 Å². The van der Waals surface area contributed by atoms with Crippen LogP contribution in [-0.4, -0.2) is 114 Å². The normalized spacial score (nSPS) is 28.8. The van der Waals surface area contributed by atoms with Gasteiger partial charge in [-0.2, -0.15) is 0 Å². The number of allylic oxidation sites excluding steroid dienone is 3. The van der Waals surface area contributed by atoms with E-state index < -0.39 is 71.9 Å². The quantitative estimate of drug-likeness (QED) is 0.0296. The highest BCUT2D eigenvalue weighted by molar-refractivity contribution is 6.74. The Morgan fingerprint density at radius 2 is 1.53 bits per heavy atom. The summed E-state index contributed by atoms with van der Waals surface area (Å²) in [5.41, 5.74) is -1.87. The van der Waals surface area contributed by atoms with Gasteiger partial charge in [0.1, 0.15) is 0 Å². The fourth-order valence-corrected chi connectivity index (χ4v) is 21.2. The van der Waals surface area contributed by atoms with Crippen molar-refractivity contribution in [2.45, 2.75) is 258 Å². The van der Waals surface area contributed by atoms with E-state index in [0.29, 0.717) is 32.1 Å². The number of amides is 1. The topological polar surface area (TPSA) is 145 Å². The Bertz CT molecular complexity index is 1680. The molecule has 1 amide bonds. The lowest BCUT2D eigenvalue weighted by molar-refractivity contribution is -0.174. The standard InChI is InChI=1S/C53H98N2O10Si3/c1-17-45(64-67(21-5,22-6)23-7)41(12)49-46(62-49)38-52(16,65-68(24-8,25-9)26-10)34-30-31-40(11)53(42(13)54-39-47(61-43(14)56)55(53)50(58)59)51(15)33-28-27-29-36-60-48(57)37-44(32-35-51)63-66(18-2,19-3)20-4/h27-28,30-31,34,41-42,44-47,49,54H,17-26,29,32-33,35-39H2,1-16H3,(H,58,59)/b28-27?,34-30+,40-31+/t41-,42+,44-,45+,46-,47+,49-,51+,52?,53+/m1/s1. The first-order valence-corrected chi connectivity index (χ1v) is 34.5. The number of nitrogens with zero attached hydrogens (tertiary/aromatic N) is 1. The molecule has 2 saturated heterocycles. The van der Waals surface area contributed by atoms with Gasteiger partial charge in [0.25, 0.3) is 0 Å². The van der Waals surface area contributed by atoms with E-state index in [9.17, 15) is 19.5 Å².